The third-order valence-corrected chi connectivity index (χ3v) is 3.65. The highest BCUT2D eigenvalue weighted by Gasteiger charge is 2.13. The van der Waals surface area contributed by atoms with Crippen LogP contribution in [0, 0.1) is 0 Å². The molecule has 1 heterocycles. The van der Waals surface area contributed by atoms with Gasteiger partial charge in [-0.25, -0.2) is 4.79 Å². The molecular weight excluding hydrogens is 366 g/mol. The lowest BCUT2D eigenvalue weighted by atomic mass is 10.1. The number of nitrogens with zero attached hydrogens (tertiary/aromatic N) is 2. The van der Waals surface area contributed by atoms with E-state index in [0.29, 0.717) is 6.54 Å². The summed E-state index contributed by atoms with van der Waals surface area (Å²) < 4.78 is 2.25. The zero-order valence-electron chi connectivity index (χ0n) is 15.5. The van der Waals surface area contributed by atoms with E-state index in [1.807, 2.05) is 51.1 Å². The third kappa shape index (κ3) is 6.37. The molecule has 0 bridgehead atoms. The van der Waals surface area contributed by atoms with Gasteiger partial charge in [0.05, 0.1) is 6.54 Å². The molecule has 0 aliphatic rings. The SMILES string of the molecule is CC(C)(C)NC(=S)NNC(=O)Cn1c(=O)ccn(Cc2ccccc2)c1=O. The summed E-state index contributed by atoms with van der Waals surface area (Å²) in [7, 11) is 0. The molecule has 0 aliphatic carbocycles. The minimum absolute atomic E-state index is 0.234. The second-order valence-electron chi connectivity index (χ2n) is 7.01. The van der Waals surface area contributed by atoms with Crippen molar-refractivity contribution in [2.45, 2.75) is 39.4 Å². The van der Waals surface area contributed by atoms with Crippen LogP contribution in [0.4, 0.5) is 0 Å². The van der Waals surface area contributed by atoms with Gasteiger partial charge in [0.2, 0.25) is 0 Å². The zero-order chi connectivity index (χ0) is 20.0. The van der Waals surface area contributed by atoms with Crippen LogP contribution in [-0.2, 0) is 17.9 Å². The molecule has 0 radical (unpaired) electrons. The topological polar surface area (TPSA) is 97.2 Å². The predicted octanol–water partition coefficient (Wildman–Crippen LogP) is 0.352. The number of aromatic nitrogens is 2. The lowest BCUT2D eigenvalue weighted by Gasteiger charge is -2.23. The van der Waals surface area contributed by atoms with Crippen LogP contribution in [0.5, 0.6) is 0 Å². The Morgan fingerprint density at radius 1 is 1.07 bits per heavy atom. The number of carbonyl (C=O) groups is 1. The summed E-state index contributed by atoms with van der Waals surface area (Å²) in [6.45, 7) is 5.64. The van der Waals surface area contributed by atoms with Gasteiger partial charge < -0.3 is 5.32 Å². The van der Waals surface area contributed by atoms with Gasteiger partial charge in [0, 0.05) is 17.8 Å². The van der Waals surface area contributed by atoms with Crippen LogP contribution in [0.3, 0.4) is 0 Å². The summed E-state index contributed by atoms with van der Waals surface area (Å²) in [6.07, 6.45) is 1.42. The molecule has 0 aliphatic heterocycles. The second-order valence-corrected chi connectivity index (χ2v) is 7.42. The van der Waals surface area contributed by atoms with Gasteiger partial charge in [0.15, 0.2) is 5.11 Å². The molecule has 9 heteroatoms. The van der Waals surface area contributed by atoms with E-state index >= 15 is 0 Å². The van der Waals surface area contributed by atoms with Crippen LogP contribution in [-0.4, -0.2) is 25.7 Å². The van der Waals surface area contributed by atoms with Gasteiger partial charge in [-0.15, -0.1) is 0 Å². The van der Waals surface area contributed by atoms with Gasteiger partial charge in [0.1, 0.15) is 6.54 Å². The molecule has 0 unspecified atom stereocenters. The second kappa shape index (κ2) is 8.63. The first-order valence-electron chi connectivity index (χ1n) is 8.37. The van der Waals surface area contributed by atoms with Crippen LogP contribution in [0.1, 0.15) is 26.3 Å². The maximum Gasteiger partial charge on any atom is 0.331 e. The van der Waals surface area contributed by atoms with Crippen molar-refractivity contribution in [1.29, 1.82) is 0 Å². The lowest BCUT2D eigenvalue weighted by molar-refractivity contribution is -0.122. The van der Waals surface area contributed by atoms with Crippen LogP contribution >= 0.6 is 12.2 Å². The van der Waals surface area contributed by atoms with Crippen molar-refractivity contribution >= 4 is 23.2 Å². The minimum atomic E-state index is -0.565. The van der Waals surface area contributed by atoms with Crippen LogP contribution in [0.2, 0.25) is 0 Å². The number of hydrazine groups is 1. The molecule has 0 atom stereocenters. The quantitative estimate of drug-likeness (QED) is 0.516. The fourth-order valence-corrected chi connectivity index (χ4v) is 2.64. The van der Waals surface area contributed by atoms with E-state index < -0.39 is 23.7 Å². The molecule has 0 saturated heterocycles. The Hall–Kier alpha value is -2.94. The van der Waals surface area contributed by atoms with Gasteiger partial charge in [-0.2, -0.15) is 0 Å². The third-order valence-electron chi connectivity index (χ3n) is 3.44. The van der Waals surface area contributed by atoms with E-state index in [1.165, 1.54) is 16.8 Å². The zero-order valence-corrected chi connectivity index (χ0v) is 16.3. The molecule has 0 saturated carbocycles. The van der Waals surface area contributed by atoms with Crippen LogP contribution < -0.4 is 27.4 Å². The van der Waals surface area contributed by atoms with Crippen LogP contribution in [0.25, 0.3) is 0 Å². The fourth-order valence-electron chi connectivity index (χ4n) is 2.28. The van der Waals surface area contributed by atoms with Crippen LogP contribution in [0.15, 0.2) is 52.2 Å². The number of nitrogens with one attached hydrogen (secondary N) is 3. The average molecular weight is 389 g/mol. The van der Waals surface area contributed by atoms with E-state index in [-0.39, 0.29) is 10.7 Å². The normalized spacial score (nSPS) is 10.9. The van der Waals surface area contributed by atoms with Crippen molar-refractivity contribution in [1.82, 2.24) is 25.3 Å². The maximum atomic E-state index is 12.5. The monoisotopic (exact) mass is 389 g/mol. The molecular formula is C18H23N5O3S. The Labute approximate surface area is 162 Å². The summed E-state index contributed by atoms with van der Waals surface area (Å²) in [5.74, 6) is -0.565. The molecule has 1 amide bonds. The molecule has 1 aromatic heterocycles. The van der Waals surface area contributed by atoms with Crippen molar-refractivity contribution in [3.05, 3.63) is 69.0 Å². The Bertz CT molecular complexity index is 928. The van der Waals surface area contributed by atoms with Gasteiger partial charge in [0.25, 0.3) is 11.5 Å². The summed E-state index contributed by atoms with van der Waals surface area (Å²) in [6, 6.07) is 10.6. The largest absolute Gasteiger partial charge is 0.357 e. The highest BCUT2D eigenvalue weighted by molar-refractivity contribution is 7.80. The van der Waals surface area contributed by atoms with E-state index in [9.17, 15) is 14.4 Å². The molecule has 0 fully saturated rings. The smallest absolute Gasteiger partial charge is 0.331 e. The van der Waals surface area contributed by atoms with E-state index in [2.05, 4.69) is 16.2 Å². The molecule has 0 spiro atoms. The number of amides is 1. The van der Waals surface area contributed by atoms with Crippen molar-refractivity contribution in [3.63, 3.8) is 0 Å². The minimum Gasteiger partial charge on any atom is -0.357 e. The molecule has 2 rings (SSSR count). The summed E-state index contributed by atoms with van der Waals surface area (Å²) in [5.41, 5.74) is 4.46. The molecule has 2 aromatic rings. The molecule has 1 aromatic carbocycles. The van der Waals surface area contributed by atoms with Gasteiger partial charge in [-0.1, -0.05) is 30.3 Å². The first kappa shape index (κ1) is 20.4. The highest BCUT2D eigenvalue weighted by Crippen LogP contribution is 1.99. The van der Waals surface area contributed by atoms with E-state index in [1.54, 1.807) is 0 Å². The van der Waals surface area contributed by atoms with Crippen molar-refractivity contribution in [3.8, 4) is 0 Å². The van der Waals surface area contributed by atoms with Crippen molar-refractivity contribution in [2.75, 3.05) is 0 Å². The average Bonchev–Trinajstić information content (AvgIpc) is 2.59. The summed E-state index contributed by atoms with van der Waals surface area (Å²) in [4.78, 5) is 36.6. The number of rotatable bonds is 4. The van der Waals surface area contributed by atoms with E-state index in [0.717, 1.165) is 10.1 Å². The maximum absolute atomic E-state index is 12.5. The standard InChI is InChI=1S/C18H23N5O3S/c1-18(2,3)19-16(27)21-20-14(24)12-23-15(25)9-10-22(17(23)26)11-13-7-5-4-6-8-13/h4-10H,11-12H2,1-3H3,(H,20,24)(H2,19,21,27). The Morgan fingerprint density at radius 3 is 2.37 bits per heavy atom. The lowest BCUT2D eigenvalue weighted by Crippen LogP contribution is -2.53. The first-order valence-corrected chi connectivity index (χ1v) is 8.78. The summed E-state index contributed by atoms with van der Waals surface area (Å²) in [5, 5.41) is 3.20. The predicted molar refractivity (Wildman–Crippen MR) is 107 cm³/mol. The van der Waals surface area contributed by atoms with Gasteiger partial charge in [-0.3, -0.25) is 29.6 Å². The molecule has 27 heavy (non-hydrogen) atoms. The van der Waals surface area contributed by atoms with Gasteiger partial charge >= 0.3 is 5.69 Å². The number of thiocarbonyl (C=S) groups is 1. The number of hydrogen-bond donors (Lipinski definition) is 3. The number of hydrogen-bond acceptors (Lipinski definition) is 4. The summed E-state index contributed by atoms with van der Waals surface area (Å²) >= 11 is 5.06. The fraction of sp³-hybridized carbons (Fsp3) is 0.333. The number of carbonyl (C=O) groups excluding carboxylic acids is 1. The number of benzene rings is 1. The first-order chi connectivity index (χ1) is 12.7. The Balaban J connectivity index is 2.06. The molecule has 144 valence electrons. The van der Waals surface area contributed by atoms with Gasteiger partial charge in [-0.05, 0) is 38.6 Å². The van der Waals surface area contributed by atoms with Crippen molar-refractivity contribution in [2.24, 2.45) is 0 Å². The highest BCUT2D eigenvalue weighted by atomic mass is 32.1. The Morgan fingerprint density at radius 2 is 1.74 bits per heavy atom. The molecule has 3 N–H and O–H groups in total. The Kier molecular flexibility index (Phi) is 6.51. The van der Waals surface area contributed by atoms with E-state index in [4.69, 9.17) is 12.2 Å². The molecule has 8 nitrogen and oxygen atoms in total. The van der Waals surface area contributed by atoms with Crippen molar-refractivity contribution < 1.29 is 4.79 Å².